The minimum absolute atomic E-state index is 0.138. The van der Waals surface area contributed by atoms with Crippen LogP contribution in [0, 0.1) is 6.92 Å². The molecular formula is C14H18N4O2S2. The summed E-state index contributed by atoms with van der Waals surface area (Å²) in [5, 5.41) is 9.22. The van der Waals surface area contributed by atoms with Crippen LogP contribution in [0.25, 0.3) is 0 Å². The number of carbonyl (C=O) groups excluding carboxylic acids is 1. The highest BCUT2D eigenvalue weighted by Gasteiger charge is 2.19. The molecule has 6 nitrogen and oxygen atoms in total. The number of aryl methyl sites for hydroxylation is 1. The summed E-state index contributed by atoms with van der Waals surface area (Å²) in [4.78, 5) is 16.3. The van der Waals surface area contributed by atoms with E-state index in [1.54, 1.807) is 0 Å². The number of morpholine rings is 1. The molecule has 0 spiro atoms. The molecule has 22 heavy (non-hydrogen) atoms. The third-order valence-electron chi connectivity index (χ3n) is 3.45. The minimum atomic E-state index is 0.138. The molecule has 1 fully saturated rings. The molecule has 118 valence electrons. The van der Waals surface area contributed by atoms with Crippen LogP contribution in [0.1, 0.15) is 14.5 Å². The average molecular weight is 338 g/mol. The second-order valence-corrected chi connectivity index (χ2v) is 7.29. The second kappa shape index (κ2) is 6.80. The molecule has 3 heterocycles. The fraction of sp³-hybridized carbons (Fsp3) is 0.500. The first-order chi connectivity index (χ1) is 10.6. The Kier molecular flexibility index (Phi) is 4.80. The van der Waals surface area contributed by atoms with Crippen LogP contribution in [0.2, 0.25) is 0 Å². The van der Waals surface area contributed by atoms with E-state index in [9.17, 15) is 4.79 Å². The van der Waals surface area contributed by atoms with Crippen LogP contribution in [0.15, 0.2) is 17.3 Å². The van der Waals surface area contributed by atoms with Crippen molar-refractivity contribution in [1.82, 2.24) is 14.8 Å². The highest BCUT2D eigenvalue weighted by atomic mass is 32.2. The molecule has 8 heteroatoms. The molecule has 2 aromatic rings. The van der Waals surface area contributed by atoms with Crippen molar-refractivity contribution < 1.29 is 9.53 Å². The summed E-state index contributed by atoms with van der Waals surface area (Å²) in [7, 11) is 1.94. The molecule has 0 aliphatic carbocycles. The lowest BCUT2D eigenvalue weighted by Gasteiger charge is -2.27. The van der Waals surface area contributed by atoms with Crippen molar-refractivity contribution in [3.63, 3.8) is 0 Å². The third-order valence-corrected chi connectivity index (χ3v) is 5.52. The number of hydrogen-bond donors (Lipinski definition) is 0. The van der Waals surface area contributed by atoms with Gasteiger partial charge in [-0.1, -0.05) is 11.8 Å². The van der Waals surface area contributed by atoms with E-state index in [1.165, 1.54) is 23.1 Å². The molecule has 0 bridgehead atoms. The molecule has 2 aromatic heterocycles. The summed E-state index contributed by atoms with van der Waals surface area (Å²) in [6.07, 6.45) is 0. The predicted molar refractivity (Wildman–Crippen MR) is 88.1 cm³/mol. The van der Waals surface area contributed by atoms with Crippen LogP contribution in [-0.2, 0) is 11.8 Å². The normalized spacial score (nSPS) is 15.3. The van der Waals surface area contributed by atoms with Crippen molar-refractivity contribution in [3.05, 3.63) is 21.9 Å². The zero-order valence-corrected chi connectivity index (χ0v) is 14.2. The Bertz CT molecular complexity index is 662. The van der Waals surface area contributed by atoms with Crippen LogP contribution < -0.4 is 4.90 Å². The standard InChI is InChI=1S/C14H18N4O2S2/c1-10-3-4-12(22-10)11(19)9-21-14-16-15-13(17(14)2)18-5-7-20-8-6-18/h3-4H,5-9H2,1-2H3. The van der Waals surface area contributed by atoms with Gasteiger partial charge in [0.2, 0.25) is 5.95 Å². The molecule has 0 unspecified atom stereocenters. The van der Waals surface area contributed by atoms with E-state index >= 15 is 0 Å². The number of nitrogens with zero attached hydrogens (tertiary/aromatic N) is 4. The number of thiophene rings is 1. The molecule has 0 amide bonds. The summed E-state index contributed by atoms with van der Waals surface area (Å²) in [6, 6.07) is 3.86. The predicted octanol–water partition coefficient (Wildman–Crippen LogP) is 2.00. The van der Waals surface area contributed by atoms with Crippen molar-refractivity contribution in [2.24, 2.45) is 7.05 Å². The zero-order valence-electron chi connectivity index (χ0n) is 12.6. The average Bonchev–Trinajstić information content (AvgIpc) is 3.12. The molecule has 0 atom stereocenters. The number of ketones is 1. The van der Waals surface area contributed by atoms with Gasteiger partial charge in [-0.15, -0.1) is 21.5 Å². The van der Waals surface area contributed by atoms with E-state index in [2.05, 4.69) is 15.1 Å². The molecule has 0 radical (unpaired) electrons. The number of Topliss-reactive ketones (excluding diaryl/α,β-unsaturated/α-hetero) is 1. The van der Waals surface area contributed by atoms with E-state index in [1.807, 2.05) is 30.7 Å². The van der Waals surface area contributed by atoms with Crippen molar-refractivity contribution in [2.75, 3.05) is 37.0 Å². The maximum atomic E-state index is 12.2. The Labute approximate surface area is 137 Å². The summed E-state index contributed by atoms with van der Waals surface area (Å²) >= 11 is 2.97. The maximum Gasteiger partial charge on any atom is 0.227 e. The molecule has 3 rings (SSSR count). The molecule has 1 aliphatic heterocycles. The second-order valence-electron chi connectivity index (χ2n) is 5.06. The van der Waals surface area contributed by atoms with Gasteiger partial charge < -0.3 is 9.64 Å². The van der Waals surface area contributed by atoms with Crippen LogP contribution >= 0.6 is 23.1 Å². The van der Waals surface area contributed by atoms with E-state index in [0.29, 0.717) is 19.0 Å². The molecule has 0 N–H and O–H groups in total. The summed E-state index contributed by atoms with van der Waals surface area (Å²) < 4.78 is 7.30. The molecule has 1 saturated heterocycles. The van der Waals surface area contributed by atoms with Crippen molar-refractivity contribution in [2.45, 2.75) is 12.1 Å². The highest BCUT2D eigenvalue weighted by molar-refractivity contribution is 7.99. The Morgan fingerprint density at radius 3 is 2.82 bits per heavy atom. The SMILES string of the molecule is Cc1ccc(C(=O)CSc2nnc(N3CCOCC3)n2C)s1. The Balaban J connectivity index is 1.63. The van der Waals surface area contributed by atoms with Crippen molar-refractivity contribution >= 4 is 34.8 Å². The Hall–Kier alpha value is -1.38. The molecular weight excluding hydrogens is 320 g/mol. The Morgan fingerprint density at radius 2 is 2.14 bits per heavy atom. The monoisotopic (exact) mass is 338 g/mol. The van der Waals surface area contributed by atoms with Gasteiger partial charge in [-0.25, -0.2) is 0 Å². The number of rotatable bonds is 5. The minimum Gasteiger partial charge on any atom is -0.378 e. The lowest BCUT2D eigenvalue weighted by Crippen LogP contribution is -2.37. The number of hydrogen-bond acceptors (Lipinski definition) is 7. The lowest BCUT2D eigenvalue weighted by molar-refractivity contribution is 0.102. The number of aromatic nitrogens is 3. The van der Waals surface area contributed by atoms with Crippen LogP contribution in [0.5, 0.6) is 0 Å². The lowest BCUT2D eigenvalue weighted by atomic mass is 10.3. The smallest absolute Gasteiger partial charge is 0.227 e. The van der Waals surface area contributed by atoms with E-state index in [-0.39, 0.29) is 5.78 Å². The van der Waals surface area contributed by atoms with Crippen LogP contribution in [0.4, 0.5) is 5.95 Å². The van der Waals surface area contributed by atoms with Gasteiger partial charge >= 0.3 is 0 Å². The third kappa shape index (κ3) is 3.34. The van der Waals surface area contributed by atoms with E-state index in [4.69, 9.17) is 4.74 Å². The first-order valence-corrected chi connectivity index (χ1v) is 8.90. The molecule has 0 saturated carbocycles. The molecule has 0 aromatic carbocycles. The van der Waals surface area contributed by atoms with Crippen LogP contribution in [-0.4, -0.2) is 52.6 Å². The van der Waals surface area contributed by atoms with Crippen molar-refractivity contribution in [1.29, 1.82) is 0 Å². The van der Waals surface area contributed by atoms with Crippen molar-refractivity contribution in [3.8, 4) is 0 Å². The van der Waals surface area contributed by atoms with Gasteiger partial charge in [-0.05, 0) is 19.1 Å². The van der Waals surface area contributed by atoms with Gasteiger partial charge in [-0.3, -0.25) is 9.36 Å². The number of carbonyl (C=O) groups is 1. The van der Waals surface area contributed by atoms with Gasteiger partial charge in [-0.2, -0.15) is 0 Å². The fourth-order valence-electron chi connectivity index (χ4n) is 2.26. The summed E-state index contributed by atoms with van der Waals surface area (Å²) in [5.41, 5.74) is 0. The maximum absolute atomic E-state index is 12.2. The fourth-order valence-corrected chi connectivity index (χ4v) is 3.94. The zero-order chi connectivity index (χ0) is 15.5. The summed E-state index contributed by atoms with van der Waals surface area (Å²) in [5.74, 6) is 1.36. The number of ether oxygens (including phenoxy) is 1. The van der Waals surface area contributed by atoms with E-state index in [0.717, 1.165) is 33.9 Å². The summed E-state index contributed by atoms with van der Waals surface area (Å²) in [6.45, 7) is 5.08. The van der Waals surface area contributed by atoms with Gasteiger partial charge in [0.1, 0.15) is 0 Å². The topological polar surface area (TPSA) is 60.3 Å². The highest BCUT2D eigenvalue weighted by Crippen LogP contribution is 2.23. The van der Waals surface area contributed by atoms with Gasteiger partial charge in [0, 0.05) is 25.0 Å². The first-order valence-electron chi connectivity index (χ1n) is 7.09. The Morgan fingerprint density at radius 1 is 1.36 bits per heavy atom. The van der Waals surface area contributed by atoms with Crippen LogP contribution in [0.3, 0.4) is 0 Å². The van der Waals surface area contributed by atoms with E-state index < -0.39 is 0 Å². The quantitative estimate of drug-likeness (QED) is 0.614. The molecule has 1 aliphatic rings. The van der Waals surface area contributed by atoms with Gasteiger partial charge in [0.25, 0.3) is 0 Å². The largest absolute Gasteiger partial charge is 0.378 e. The van der Waals surface area contributed by atoms with Gasteiger partial charge in [0.15, 0.2) is 10.9 Å². The first kappa shape index (κ1) is 15.5. The number of thioether (sulfide) groups is 1. The van der Waals surface area contributed by atoms with Gasteiger partial charge in [0.05, 0.1) is 23.8 Å². The number of anilines is 1.